The Kier molecular flexibility index (Phi) is 2.38. The highest BCUT2D eigenvalue weighted by atomic mass is 14.7. The van der Waals surface area contributed by atoms with Gasteiger partial charge in [0.1, 0.15) is 0 Å². The molecule has 3 aromatic rings. The second-order valence-electron chi connectivity index (χ2n) is 5.39. The largest absolute Gasteiger partial charge is 0.354 e. The molecule has 18 heavy (non-hydrogen) atoms. The number of hydrogen-bond acceptors (Lipinski definition) is 2. The van der Waals surface area contributed by atoms with Gasteiger partial charge in [-0.05, 0) is 23.8 Å². The molecule has 0 unspecified atom stereocenters. The predicted octanol–water partition coefficient (Wildman–Crippen LogP) is 2.95. The molecule has 3 N–H and O–H groups in total. The number of hydrogen-bond donors (Lipinski definition) is 2. The number of nitrogens with one attached hydrogen (secondary N) is 1. The molecule has 2 aromatic heterocycles. The number of benzene rings is 1. The number of pyridine rings is 1. The van der Waals surface area contributed by atoms with Crippen LogP contribution < -0.4 is 5.73 Å². The van der Waals surface area contributed by atoms with E-state index >= 15 is 0 Å². The van der Waals surface area contributed by atoms with Crippen molar-refractivity contribution in [3.63, 3.8) is 0 Å². The Bertz CT molecular complexity index is 710. The number of H-pyrrole nitrogens is 1. The van der Waals surface area contributed by atoms with Crippen LogP contribution in [0.4, 0.5) is 0 Å². The third-order valence-corrected chi connectivity index (χ3v) is 3.69. The summed E-state index contributed by atoms with van der Waals surface area (Å²) in [5, 5.41) is 2.39. The first kappa shape index (κ1) is 11.2. The van der Waals surface area contributed by atoms with Crippen LogP contribution in [-0.4, -0.2) is 16.5 Å². The first-order valence-corrected chi connectivity index (χ1v) is 6.18. The van der Waals surface area contributed by atoms with E-state index in [2.05, 4.69) is 42.0 Å². The van der Waals surface area contributed by atoms with Crippen molar-refractivity contribution in [1.29, 1.82) is 0 Å². The van der Waals surface area contributed by atoms with Crippen molar-refractivity contribution in [3.8, 4) is 0 Å². The molecule has 3 rings (SSSR count). The Morgan fingerprint density at radius 2 is 1.94 bits per heavy atom. The van der Waals surface area contributed by atoms with E-state index < -0.39 is 0 Å². The van der Waals surface area contributed by atoms with Gasteiger partial charge in [-0.25, -0.2) is 0 Å². The molecule has 0 bridgehead atoms. The Balaban J connectivity index is 2.31. The van der Waals surface area contributed by atoms with Crippen LogP contribution in [0, 0.1) is 0 Å². The van der Waals surface area contributed by atoms with Crippen LogP contribution in [0.3, 0.4) is 0 Å². The van der Waals surface area contributed by atoms with Crippen molar-refractivity contribution >= 4 is 21.8 Å². The zero-order valence-electron chi connectivity index (χ0n) is 10.7. The number of nitrogens with two attached hydrogens (primary N) is 1. The topological polar surface area (TPSA) is 54.7 Å². The quantitative estimate of drug-likeness (QED) is 0.722. The Hall–Kier alpha value is -1.87. The molecule has 0 spiro atoms. The lowest BCUT2D eigenvalue weighted by molar-refractivity contribution is 0.540. The maximum Gasteiger partial charge on any atom is 0.0495 e. The van der Waals surface area contributed by atoms with Gasteiger partial charge in [-0.1, -0.05) is 19.9 Å². The Labute approximate surface area is 106 Å². The van der Waals surface area contributed by atoms with Gasteiger partial charge in [0, 0.05) is 46.2 Å². The van der Waals surface area contributed by atoms with Gasteiger partial charge in [0.25, 0.3) is 0 Å². The smallest absolute Gasteiger partial charge is 0.0495 e. The van der Waals surface area contributed by atoms with Gasteiger partial charge in [-0.2, -0.15) is 0 Å². The van der Waals surface area contributed by atoms with Crippen molar-refractivity contribution in [2.24, 2.45) is 5.73 Å². The number of aromatic amines is 1. The van der Waals surface area contributed by atoms with Crippen LogP contribution in [-0.2, 0) is 5.41 Å². The lowest BCUT2D eigenvalue weighted by atomic mass is 9.84. The molecule has 92 valence electrons. The maximum absolute atomic E-state index is 5.85. The van der Waals surface area contributed by atoms with Crippen molar-refractivity contribution in [2.75, 3.05) is 6.54 Å². The minimum absolute atomic E-state index is 0.00000768. The molecule has 0 saturated carbocycles. The SMILES string of the molecule is CC(C)(CN)c1ccc2[nH]c3ccncc3c2c1. The lowest BCUT2D eigenvalue weighted by Crippen LogP contribution is -2.27. The van der Waals surface area contributed by atoms with Gasteiger partial charge in [-0.3, -0.25) is 4.98 Å². The number of aromatic nitrogens is 2. The molecule has 0 amide bonds. The molecule has 0 radical (unpaired) electrons. The van der Waals surface area contributed by atoms with Crippen LogP contribution in [0.1, 0.15) is 19.4 Å². The van der Waals surface area contributed by atoms with Crippen LogP contribution in [0.25, 0.3) is 21.8 Å². The van der Waals surface area contributed by atoms with Gasteiger partial charge in [-0.15, -0.1) is 0 Å². The van der Waals surface area contributed by atoms with Crippen LogP contribution in [0.15, 0.2) is 36.7 Å². The average Bonchev–Trinajstić information content (AvgIpc) is 2.76. The summed E-state index contributed by atoms with van der Waals surface area (Å²) < 4.78 is 0. The van der Waals surface area contributed by atoms with E-state index in [0.29, 0.717) is 6.54 Å². The standard InChI is InChI=1S/C15H17N3/c1-15(2,9-16)10-3-4-13-11(7-10)12-8-17-6-5-14(12)18-13/h3-8,18H,9,16H2,1-2H3. The molecular formula is C15H17N3. The molecule has 1 aromatic carbocycles. The van der Waals surface area contributed by atoms with E-state index in [1.165, 1.54) is 16.3 Å². The summed E-state index contributed by atoms with van der Waals surface area (Å²) in [5.41, 5.74) is 9.39. The van der Waals surface area contributed by atoms with Crippen LogP contribution >= 0.6 is 0 Å². The minimum atomic E-state index is -0.00000768. The summed E-state index contributed by atoms with van der Waals surface area (Å²) in [6.45, 7) is 4.97. The highest BCUT2D eigenvalue weighted by Crippen LogP contribution is 2.29. The zero-order valence-corrected chi connectivity index (χ0v) is 10.7. The normalized spacial score (nSPS) is 12.4. The minimum Gasteiger partial charge on any atom is -0.354 e. The highest BCUT2D eigenvalue weighted by molar-refractivity contribution is 6.06. The predicted molar refractivity (Wildman–Crippen MR) is 75.7 cm³/mol. The van der Waals surface area contributed by atoms with E-state index in [-0.39, 0.29) is 5.41 Å². The van der Waals surface area contributed by atoms with Crippen LogP contribution in [0.5, 0.6) is 0 Å². The summed E-state index contributed by atoms with van der Waals surface area (Å²) >= 11 is 0. The monoisotopic (exact) mass is 239 g/mol. The van der Waals surface area contributed by atoms with E-state index in [9.17, 15) is 0 Å². The van der Waals surface area contributed by atoms with Crippen LogP contribution in [0.2, 0.25) is 0 Å². The average molecular weight is 239 g/mol. The van der Waals surface area contributed by atoms with E-state index in [1.807, 2.05) is 18.5 Å². The van der Waals surface area contributed by atoms with Crippen molar-refractivity contribution in [3.05, 3.63) is 42.2 Å². The van der Waals surface area contributed by atoms with Gasteiger partial charge >= 0.3 is 0 Å². The van der Waals surface area contributed by atoms with E-state index in [0.717, 1.165) is 11.0 Å². The zero-order chi connectivity index (χ0) is 12.8. The van der Waals surface area contributed by atoms with Gasteiger partial charge in [0.2, 0.25) is 0 Å². The summed E-state index contributed by atoms with van der Waals surface area (Å²) in [4.78, 5) is 7.61. The second kappa shape index (κ2) is 3.82. The van der Waals surface area contributed by atoms with Crippen molar-refractivity contribution in [2.45, 2.75) is 19.3 Å². The molecule has 0 fully saturated rings. The van der Waals surface area contributed by atoms with Gasteiger partial charge < -0.3 is 10.7 Å². The van der Waals surface area contributed by atoms with E-state index in [1.54, 1.807) is 0 Å². The van der Waals surface area contributed by atoms with Gasteiger partial charge in [0.05, 0.1) is 0 Å². The number of rotatable bonds is 2. The van der Waals surface area contributed by atoms with Crippen molar-refractivity contribution in [1.82, 2.24) is 9.97 Å². The molecule has 0 aliphatic carbocycles. The second-order valence-corrected chi connectivity index (χ2v) is 5.39. The lowest BCUT2D eigenvalue weighted by Gasteiger charge is -2.23. The summed E-state index contributed by atoms with van der Waals surface area (Å²) in [5.74, 6) is 0. The Morgan fingerprint density at radius 3 is 2.72 bits per heavy atom. The molecule has 2 heterocycles. The third kappa shape index (κ3) is 1.59. The maximum atomic E-state index is 5.85. The fraction of sp³-hybridized carbons (Fsp3) is 0.267. The number of nitrogens with zero attached hydrogens (tertiary/aromatic N) is 1. The molecule has 0 aliphatic heterocycles. The Morgan fingerprint density at radius 1 is 1.17 bits per heavy atom. The molecule has 0 saturated heterocycles. The van der Waals surface area contributed by atoms with Gasteiger partial charge in [0.15, 0.2) is 0 Å². The summed E-state index contributed by atoms with van der Waals surface area (Å²) in [6.07, 6.45) is 3.72. The summed E-state index contributed by atoms with van der Waals surface area (Å²) in [7, 11) is 0. The fourth-order valence-electron chi connectivity index (χ4n) is 2.28. The first-order valence-electron chi connectivity index (χ1n) is 6.18. The molecule has 3 nitrogen and oxygen atoms in total. The first-order chi connectivity index (χ1) is 8.62. The van der Waals surface area contributed by atoms with Crippen molar-refractivity contribution < 1.29 is 0 Å². The molecule has 0 atom stereocenters. The highest BCUT2D eigenvalue weighted by Gasteiger charge is 2.19. The molecule has 0 aliphatic rings. The third-order valence-electron chi connectivity index (χ3n) is 3.69. The molecular weight excluding hydrogens is 222 g/mol. The summed E-state index contributed by atoms with van der Waals surface area (Å²) in [6, 6.07) is 8.51. The molecule has 3 heteroatoms. The fourth-order valence-corrected chi connectivity index (χ4v) is 2.28. The van der Waals surface area contributed by atoms with E-state index in [4.69, 9.17) is 5.73 Å². The number of fused-ring (bicyclic) bond motifs is 3.